The highest BCUT2D eigenvalue weighted by Crippen LogP contribution is 2.54. The maximum Gasteiger partial charge on any atom is 0.460 e. The van der Waals surface area contributed by atoms with Gasteiger partial charge in [0.25, 0.3) is 11.8 Å². The van der Waals surface area contributed by atoms with Gasteiger partial charge in [0.1, 0.15) is 0 Å². The molecule has 44 heavy (non-hydrogen) atoms. The van der Waals surface area contributed by atoms with Gasteiger partial charge in [-0.25, -0.2) is 0 Å². The Labute approximate surface area is 237 Å². The summed E-state index contributed by atoms with van der Waals surface area (Å²) in [5, 5.41) is 2.34. The van der Waals surface area contributed by atoms with Crippen LogP contribution in [0.5, 0.6) is 0 Å². The fourth-order valence-corrected chi connectivity index (χ4v) is 3.33. The second-order valence-corrected chi connectivity index (χ2v) is 9.49. The molecule has 0 heterocycles. The second kappa shape index (κ2) is 14.8. The van der Waals surface area contributed by atoms with Gasteiger partial charge in [0, 0.05) is 13.1 Å². The van der Waals surface area contributed by atoms with Crippen LogP contribution in [0.3, 0.4) is 0 Å². The summed E-state index contributed by atoms with van der Waals surface area (Å²) in [6, 6.07) is 0. The molecule has 0 saturated heterocycles. The predicted octanol–water partition coefficient (Wildman–Crippen LogP) is 8.06. The van der Waals surface area contributed by atoms with Crippen LogP contribution >= 0.6 is 0 Å². The smallest absolute Gasteiger partial charge is 0.351 e. The van der Waals surface area contributed by atoms with Crippen molar-refractivity contribution in [1.82, 2.24) is 10.6 Å². The molecule has 0 aromatic heterocycles. The lowest BCUT2D eigenvalue weighted by atomic mass is 10.0. The van der Waals surface area contributed by atoms with Gasteiger partial charge in [-0.15, -0.1) is 0 Å². The molecular formula is C22H26F18N2O2. The maximum absolute atomic E-state index is 13.4. The van der Waals surface area contributed by atoms with Crippen molar-refractivity contribution in [2.75, 3.05) is 13.1 Å². The number of hydrogen-bond acceptors (Lipinski definition) is 2. The standard InChI is InChI=1S/C22H26F18N2O2/c23-15(24,17(27,28)19(31,32)21(35,36)37)13(43)41-11-9-7-5-3-1-2-4-6-8-10-12-42-14(44)16(25,26)18(29,30)20(33,34)22(38,39)40/h1-12H2,(H,41,43)(H,42,44). The zero-order valence-electron chi connectivity index (χ0n) is 22.1. The van der Waals surface area contributed by atoms with Crippen LogP contribution in [0, 0.1) is 0 Å². The summed E-state index contributed by atoms with van der Waals surface area (Å²) in [5.74, 6) is -47.3. The number of amides is 2. The van der Waals surface area contributed by atoms with Crippen molar-refractivity contribution in [3.05, 3.63) is 0 Å². The third kappa shape index (κ3) is 9.12. The number of halogens is 18. The van der Waals surface area contributed by atoms with Crippen LogP contribution in [0.25, 0.3) is 0 Å². The fourth-order valence-electron chi connectivity index (χ4n) is 3.33. The van der Waals surface area contributed by atoms with Crippen molar-refractivity contribution in [2.24, 2.45) is 0 Å². The van der Waals surface area contributed by atoms with Gasteiger partial charge in [0.2, 0.25) is 0 Å². The minimum Gasteiger partial charge on any atom is -0.351 e. The average Bonchev–Trinajstić information content (AvgIpc) is 2.86. The van der Waals surface area contributed by atoms with E-state index in [-0.39, 0.29) is 25.7 Å². The molecule has 0 rings (SSSR count). The molecule has 0 aliphatic carbocycles. The minimum absolute atomic E-state index is 0.131. The first-order valence-corrected chi connectivity index (χ1v) is 12.5. The summed E-state index contributed by atoms with van der Waals surface area (Å²) in [7, 11) is 0. The summed E-state index contributed by atoms with van der Waals surface area (Å²) in [6.07, 6.45) is -11.2. The summed E-state index contributed by atoms with van der Waals surface area (Å²) in [5.41, 5.74) is 0. The van der Waals surface area contributed by atoms with Crippen LogP contribution in [0.2, 0.25) is 0 Å². The van der Waals surface area contributed by atoms with Crippen LogP contribution < -0.4 is 10.6 Å². The Kier molecular flexibility index (Phi) is 14.1. The molecule has 2 N–H and O–H groups in total. The van der Waals surface area contributed by atoms with Crippen LogP contribution in [0.1, 0.15) is 64.2 Å². The maximum atomic E-state index is 13.4. The monoisotopic (exact) mass is 692 g/mol. The number of rotatable bonds is 19. The molecule has 0 bridgehead atoms. The molecule has 0 aliphatic rings. The molecule has 0 atom stereocenters. The van der Waals surface area contributed by atoms with Crippen molar-refractivity contribution < 1.29 is 88.6 Å². The van der Waals surface area contributed by atoms with E-state index in [1.165, 1.54) is 10.6 Å². The van der Waals surface area contributed by atoms with E-state index >= 15 is 0 Å². The van der Waals surface area contributed by atoms with Crippen molar-refractivity contribution in [3.8, 4) is 0 Å². The lowest BCUT2D eigenvalue weighted by Crippen LogP contribution is -2.65. The highest BCUT2D eigenvalue weighted by Gasteiger charge is 2.84. The first-order chi connectivity index (χ1) is 19.5. The zero-order chi connectivity index (χ0) is 35.1. The molecule has 2 amide bonds. The molecule has 0 radical (unpaired) electrons. The van der Waals surface area contributed by atoms with Gasteiger partial charge in [0.15, 0.2) is 0 Å². The van der Waals surface area contributed by atoms with Crippen LogP contribution in [-0.2, 0) is 9.59 Å². The molecular weight excluding hydrogens is 666 g/mol. The lowest BCUT2D eigenvalue weighted by molar-refractivity contribution is -0.388. The first-order valence-electron chi connectivity index (χ1n) is 12.5. The minimum atomic E-state index is -7.19. The topological polar surface area (TPSA) is 58.2 Å². The van der Waals surface area contributed by atoms with Gasteiger partial charge in [-0.3, -0.25) is 9.59 Å². The largest absolute Gasteiger partial charge is 0.460 e. The van der Waals surface area contributed by atoms with Crippen LogP contribution in [0.4, 0.5) is 79.0 Å². The Balaban J connectivity index is 4.20. The molecule has 0 unspecified atom stereocenters. The molecule has 4 nitrogen and oxygen atoms in total. The zero-order valence-corrected chi connectivity index (χ0v) is 22.1. The van der Waals surface area contributed by atoms with Crippen molar-refractivity contribution in [2.45, 2.75) is 112 Å². The fraction of sp³-hybridized carbons (Fsp3) is 0.909. The Hall–Kier alpha value is -2.32. The van der Waals surface area contributed by atoms with Gasteiger partial charge in [0.05, 0.1) is 0 Å². The second-order valence-electron chi connectivity index (χ2n) is 9.49. The number of alkyl halides is 18. The summed E-state index contributed by atoms with van der Waals surface area (Å²) in [6.45, 7) is -1.49. The third-order valence-electron chi connectivity index (χ3n) is 6.03. The molecule has 0 aliphatic heterocycles. The van der Waals surface area contributed by atoms with Gasteiger partial charge in [-0.05, 0) is 12.8 Å². The SMILES string of the molecule is O=C(NCCCCCCCCCCCCNC(=O)C(F)(F)C(F)(F)C(F)(F)C(F)(F)F)C(F)(F)C(F)(F)C(F)(F)C(F)(F)F. The molecule has 262 valence electrons. The van der Waals surface area contributed by atoms with E-state index in [0.29, 0.717) is 38.5 Å². The van der Waals surface area contributed by atoms with Crippen molar-refractivity contribution >= 4 is 11.8 Å². The van der Waals surface area contributed by atoms with E-state index in [1.807, 2.05) is 0 Å². The van der Waals surface area contributed by atoms with E-state index in [9.17, 15) is 88.6 Å². The Bertz CT molecular complexity index is 857. The molecule has 0 aromatic rings. The van der Waals surface area contributed by atoms with Gasteiger partial charge >= 0.3 is 47.9 Å². The quantitative estimate of drug-likeness (QED) is 0.106. The molecule has 0 spiro atoms. The highest BCUT2D eigenvalue weighted by molar-refractivity contribution is 5.85. The third-order valence-corrected chi connectivity index (χ3v) is 6.03. The molecule has 0 saturated carbocycles. The molecule has 22 heteroatoms. The Morgan fingerprint density at radius 2 is 0.545 bits per heavy atom. The number of unbranched alkanes of at least 4 members (excludes halogenated alkanes) is 9. The van der Waals surface area contributed by atoms with Gasteiger partial charge < -0.3 is 10.6 Å². The van der Waals surface area contributed by atoms with Crippen LogP contribution in [-0.4, -0.2) is 72.8 Å². The van der Waals surface area contributed by atoms with Crippen LogP contribution in [0.15, 0.2) is 0 Å². The van der Waals surface area contributed by atoms with E-state index in [4.69, 9.17) is 0 Å². The lowest BCUT2D eigenvalue weighted by Gasteiger charge is -2.32. The van der Waals surface area contributed by atoms with E-state index < -0.39 is 72.8 Å². The van der Waals surface area contributed by atoms with Crippen molar-refractivity contribution in [3.63, 3.8) is 0 Å². The first kappa shape index (κ1) is 41.7. The van der Waals surface area contributed by atoms with Gasteiger partial charge in [-0.2, -0.15) is 79.0 Å². The summed E-state index contributed by atoms with van der Waals surface area (Å²) in [4.78, 5) is 22.4. The summed E-state index contributed by atoms with van der Waals surface area (Å²) >= 11 is 0. The molecule has 0 aromatic carbocycles. The van der Waals surface area contributed by atoms with Crippen molar-refractivity contribution in [1.29, 1.82) is 0 Å². The molecule has 0 fully saturated rings. The Morgan fingerprint density at radius 3 is 0.750 bits per heavy atom. The highest BCUT2D eigenvalue weighted by atomic mass is 19.4. The normalized spacial score (nSPS) is 14.5. The number of carbonyl (C=O) groups excluding carboxylic acids is 2. The predicted molar refractivity (Wildman–Crippen MR) is 114 cm³/mol. The average molecular weight is 692 g/mol. The number of hydrogen-bond donors (Lipinski definition) is 2. The Morgan fingerprint density at radius 1 is 0.341 bits per heavy atom. The van der Waals surface area contributed by atoms with E-state index in [2.05, 4.69) is 0 Å². The van der Waals surface area contributed by atoms with E-state index in [0.717, 1.165) is 0 Å². The number of carbonyl (C=O) groups is 2. The van der Waals surface area contributed by atoms with Gasteiger partial charge in [-0.1, -0.05) is 51.4 Å². The van der Waals surface area contributed by atoms with E-state index in [1.54, 1.807) is 0 Å². The number of nitrogens with one attached hydrogen (secondary N) is 2. The summed E-state index contributed by atoms with van der Waals surface area (Å²) < 4.78 is 230.